The van der Waals surface area contributed by atoms with Crippen LogP contribution in [0.3, 0.4) is 0 Å². The van der Waals surface area contributed by atoms with E-state index in [0.29, 0.717) is 32.1 Å². The van der Waals surface area contributed by atoms with Crippen LogP contribution in [0.1, 0.15) is 21.5 Å². The van der Waals surface area contributed by atoms with E-state index in [1.165, 1.54) is 24.3 Å². The molecule has 0 aromatic heterocycles. The lowest BCUT2D eigenvalue weighted by atomic mass is 10.1. The lowest BCUT2D eigenvalue weighted by molar-refractivity contribution is -0.136. The fraction of sp³-hybridized carbons (Fsp3) is 0.130. The van der Waals surface area contributed by atoms with E-state index < -0.39 is 5.97 Å². The Morgan fingerprint density at radius 1 is 0.871 bits per heavy atom. The van der Waals surface area contributed by atoms with E-state index in [1.54, 1.807) is 30.3 Å². The van der Waals surface area contributed by atoms with Crippen LogP contribution in [0.4, 0.5) is 5.69 Å². The zero-order valence-electron chi connectivity index (χ0n) is 16.7. The number of esters is 1. The summed E-state index contributed by atoms with van der Waals surface area (Å²) in [5, 5.41) is 4.17. The van der Waals surface area contributed by atoms with Crippen molar-refractivity contribution >= 4 is 52.4 Å². The molecule has 3 aromatic rings. The van der Waals surface area contributed by atoms with Crippen molar-refractivity contribution in [3.05, 3.63) is 86.4 Å². The van der Waals surface area contributed by atoms with Gasteiger partial charge in [0.25, 0.3) is 5.91 Å². The van der Waals surface area contributed by atoms with Crippen LogP contribution in [-0.4, -0.2) is 18.5 Å². The minimum Gasteiger partial charge on any atom is -0.482 e. The first-order chi connectivity index (χ1) is 14.7. The molecule has 3 rings (SSSR count). The van der Waals surface area contributed by atoms with Crippen molar-refractivity contribution in [2.24, 2.45) is 0 Å². The van der Waals surface area contributed by atoms with Gasteiger partial charge in [0.05, 0.1) is 10.7 Å². The van der Waals surface area contributed by atoms with Crippen molar-refractivity contribution in [3.63, 3.8) is 0 Å². The largest absolute Gasteiger partial charge is 0.482 e. The topological polar surface area (TPSA) is 64.6 Å². The number of carbonyl (C=O) groups is 2. The van der Waals surface area contributed by atoms with Gasteiger partial charge in [-0.1, -0.05) is 34.8 Å². The Kier molecular flexibility index (Phi) is 7.44. The number of aryl methyl sites for hydroxylation is 2. The Morgan fingerprint density at radius 2 is 1.52 bits per heavy atom. The van der Waals surface area contributed by atoms with Gasteiger partial charge in [-0.15, -0.1) is 0 Å². The van der Waals surface area contributed by atoms with Crippen LogP contribution >= 0.6 is 34.8 Å². The molecule has 0 unspecified atom stereocenters. The third-order valence-electron chi connectivity index (χ3n) is 4.29. The number of ether oxygens (including phenoxy) is 2. The van der Waals surface area contributed by atoms with Crippen LogP contribution in [0, 0.1) is 13.8 Å². The van der Waals surface area contributed by atoms with Gasteiger partial charge in [-0.25, -0.2) is 4.79 Å². The number of rotatable bonds is 6. The van der Waals surface area contributed by atoms with Crippen LogP contribution in [0.15, 0.2) is 54.6 Å². The highest BCUT2D eigenvalue weighted by Crippen LogP contribution is 2.27. The van der Waals surface area contributed by atoms with Gasteiger partial charge in [0.2, 0.25) is 0 Å². The molecule has 5 nitrogen and oxygen atoms in total. The lowest BCUT2D eigenvalue weighted by Crippen LogP contribution is -2.18. The molecule has 0 aliphatic carbocycles. The third-order valence-corrected chi connectivity index (χ3v) is 5.45. The highest BCUT2D eigenvalue weighted by molar-refractivity contribution is 6.36. The number of amides is 1. The van der Waals surface area contributed by atoms with Gasteiger partial charge >= 0.3 is 5.97 Å². The van der Waals surface area contributed by atoms with Gasteiger partial charge in [0.15, 0.2) is 6.61 Å². The molecule has 0 fully saturated rings. The molecule has 0 saturated heterocycles. The normalized spacial score (nSPS) is 10.5. The Morgan fingerprint density at radius 3 is 2.16 bits per heavy atom. The fourth-order valence-corrected chi connectivity index (χ4v) is 3.20. The molecule has 0 aliphatic heterocycles. The number of anilines is 1. The molecule has 0 spiro atoms. The summed E-state index contributed by atoms with van der Waals surface area (Å²) >= 11 is 18.1. The summed E-state index contributed by atoms with van der Waals surface area (Å²) in [6.07, 6.45) is 0. The first-order valence-electron chi connectivity index (χ1n) is 9.19. The molecule has 0 saturated carbocycles. The second-order valence-electron chi connectivity index (χ2n) is 6.74. The molecule has 160 valence electrons. The number of hydrogen-bond acceptors (Lipinski definition) is 4. The summed E-state index contributed by atoms with van der Waals surface area (Å²) in [6.45, 7) is 3.45. The van der Waals surface area contributed by atoms with Gasteiger partial charge in [0, 0.05) is 15.6 Å². The monoisotopic (exact) mass is 477 g/mol. The molecule has 0 atom stereocenters. The fourth-order valence-electron chi connectivity index (χ4n) is 2.75. The lowest BCUT2D eigenvalue weighted by Gasteiger charge is -2.10. The molecule has 3 aromatic carbocycles. The molecular weight excluding hydrogens is 461 g/mol. The van der Waals surface area contributed by atoms with Crippen molar-refractivity contribution in [2.75, 3.05) is 11.9 Å². The Labute approximate surface area is 194 Å². The van der Waals surface area contributed by atoms with Crippen LogP contribution < -0.4 is 14.8 Å². The zero-order valence-corrected chi connectivity index (χ0v) is 18.9. The maximum absolute atomic E-state index is 12.4. The minimum atomic E-state index is -0.576. The van der Waals surface area contributed by atoms with Crippen molar-refractivity contribution in [1.82, 2.24) is 0 Å². The number of hydrogen-bond donors (Lipinski definition) is 1. The number of halogens is 3. The van der Waals surface area contributed by atoms with Gasteiger partial charge in [-0.05, 0) is 79.6 Å². The van der Waals surface area contributed by atoms with Crippen LogP contribution in [0.2, 0.25) is 15.1 Å². The molecule has 8 heteroatoms. The Balaban J connectivity index is 1.56. The predicted molar refractivity (Wildman–Crippen MR) is 123 cm³/mol. The van der Waals surface area contributed by atoms with Gasteiger partial charge < -0.3 is 14.8 Å². The van der Waals surface area contributed by atoms with E-state index in [0.717, 1.165) is 11.1 Å². The minimum absolute atomic E-state index is 0.268. The second-order valence-corrected chi connectivity index (χ2v) is 7.96. The third kappa shape index (κ3) is 6.14. The average Bonchev–Trinajstić information content (AvgIpc) is 2.73. The van der Waals surface area contributed by atoms with Crippen molar-refractivity contribution < 1.29 is 19.1 Å². The molecule has 0 radical (unpaired) electrons. The predicted octanol–water partition coefficient (Wildman–Crippen LogP) is 6.50. The number of benzene rings is 3. The number of nitrogens with one attached hydrogen (secondary N) is 1. The summed E-state index contributed by atoms with van der Waals surface area (Å²) in [5.41, 5.74) is 2.48. The van der Waals surface area contributed by atoms with Crippen LogP contribution in [0.5, 0.6) is 11.5 Å². The maximum atomic E-state index is 12.4. The molecule has 0 aliphatic rings. The van der Waals surface area contributed by atoms with Crippen LogP contribution in [-0.2, 0) is 4.79 Å². The smallest absolute Gasteiger partial charge is 0.349 e. The van der Waals surface area contributed by atoms with E-state index >= 15 is 0 Å². The summed E-state index contributed by atoms with van der Waals surface area (Å²) < 4.78 is 10.7. The summed E-state index contributed by atoms with van der Waals surface area (Å²) in [7, 11) is 0. The van der Waals surface area contributed by atoms with Gasteiger partial charge in [-0.3, -0.25) is 4.79 Å². The highest BCUT2D eigenvalue weighted by atomic mass is 35.5. The summed E-state index contributed by atoms with van der Waals surface area (Å²) in [6, 6.07) is 14.4. The molecule has 0 bridgehead atoms. The van der Waals surface area contributed by atoms with E-state index in [-0.39, 0.29) is 18.3 Å². The van der Waals surface area contributed by atoms with Crippen LogP contribution in [0.25, 0.3) is 0 Å². The van der Waals surface area contributed by atoms with E-state index in [2.05, 4.69) is 5.32 Å². The average molecular weight is 479 g/mol. The van der Waals surface area contributed by atoms with E-state index in [1.807, 2.05) is 13.8 Å². The van der Waals surface area contributed by atoms with Crippen molar-refractivity contribution in [3.8, 4) is 11.5 Å². The molecule has 31 heavy (non-hydrogen) atoms. The Bertz CT molecular complexity index is 1110. The first-order valence-corrected chi connectivity index (χ1v) is 10.3. The van der Waals surface area contributed by atoms with Gasteiger partial charge in [0.1, 0.15) is 11.5 Å². The van der Waals surface area contributed by atoms with Crippen molar-refractivity contribution in [1.29, 1.82) is 0 Å². The maximum Gasteiger partial charge on any atom is 0.349 e. The molecule has 1 N–H and O–H groups in total. The standard InChI is InChI=1S/C23H18Cl3NO4/c1-13-9-18(10-14(2)22(13)26)30-12-21(28)31-17-6-3-15(4-7-17)23(29)27-20-11-16(24)5-8-19(20)25/h3-11H,12H2,1-2H3,(H,27,29). The molecule has 0 heterocycles. The Hall–Kier alpha value is -2.73. The second kappa shape index (κ2) is 10.1. The number of carbonyl (C=O) groups excluding carboxylic acids is 2. The molecule has 1 amide bonds. The van der Waals surface area contributed by atoms with E-state index in [4.69, 9.17) is 44.3 Å². The van der Waals surface area contributed by atoms with Gasteiger partial charge in [-0.2, -0.15) is 0 Å². The summed E-state index contributed by atoms with van der Waals surface area (Å²) in [5.74, 6) is -0.135. The molecular formula is C23H18Cl3NO4. The first kappa shape index (κ1) is 22.9. The quantitative estimate of drug-likeness (QED) is 0.324. The van der Waals surface area contributed by atoms with E-state index in [9.17, 15) is 9.59 Å². The zero-order chi connectivity index (χ0) is 22.5. The van der Waals surface area contributed by atoms with Crippen molar-refractivity contribution in [2.45, 2.75) is 13.8 Å². The summed E-state index contributed by atoms with van der Waals surface area (Å²) in [4.78, 5) is 24.5. The highest BCUT2D eigenvalue weighted by Gasteiger charge is 2.12. The SMILES string of the molecule is Cc1cc(OCC(=O)Oc2ccc(C(=O)Nc3cc(Cl)ccc3Cl)cc2)cc(C)c1Cl.